The molecule has 1 aliphatic rings. The Balaban J connectivity index is 1.88. The molecule has 0 spiro atoms. The first-order valence-corrected chi connectivity index (χ1v) is 7.45. The number of benzene rings is 1. The summed E-state index contributed by atoms with van der Waals surface area (Å²) in [6.45, 7) is 4.31. The van der Waals surface area contributed by atoms with Crippen LogP contribution in [0.15, 0.2) is 24.3 Å². The van der Waals surface area contributed by atoms with Crippen LogP contribution in [-0.4, -0.2) is 19.1 Å². The first-order chi connectivity index (χ1) is 9.60. The summed E-state index contributed by atoms with van der Waals surface area (Å²) in [4.78, 5) is 12.0. The van der Waals surface area contributed by atoms with E-state index in [1.807, 2.05) is 31.3 Å². The van der Waals surface area contributed by atoms with Gasteiger partial charge in [0.25, 0.3) is 0 Å². The number of anilines is 1. The van der Waals surface area contributed by atoms with Crippen LogP contribution in [0.3, 0.4) is 0 Å². The molecule has 4 nitrogen and oxygen atoms in total. The van der Waals surface area contributed by atoms with Crippen LogP contribution in [0.25, 0.3) is 0 Å². The van der Waals surface area contributed by atoms with Gasteiger partial charge >= 0.3 is 6.03 Å². The number of hydrogen-bond acceptors (Lipinski definition) is 2. The van der Waals surface area contributed by atoms with Gasteiger partial charge in [-0.3, -0.25) is 0 Å². The third-order valence-electron chi connectivity index (χ3n) is 4.28. The fourth-order valence-electron chi connectivity index (χ4n) is 2.72. The fourth-order valence-corrected chi connectivity index (χ4v) is 2.72. The van der Waals surface area contributed by atoms with E-state index in [2.05, 4.69) is 29.8 Å². The van der Waals surface area contributed by atoms with E-state index in [4.69, 9.17) is 0 Å². The first kappa shape index (κ1) is 14.9. The van der Waals surface area contributed by atoms with Crippen molar-refractivity contribution in [3.8, 4) is 0 Å². The topological polar surface area (TPSA) is 53.2 Å². The van der Waals surface area contributed by atoms with Crippen molar-refractivity contribution in [2.75, 3.05) is 12.4 Å². The summed E-state index contributed by atoms with van der Waals surface area (Å²) < 4.78 is 0. The molecule has 3 unspecified atom stereocenters. The predicted octanol–water partition coefficient (Wildman–Crippen LogP) is 3.28. The minimum absolute atomic E-state index is 0.0989. The van der Waals surface area contributed by atoms with Gasteiger partial charge in [-0.15, -0.1) is 0 Å². The Bertz CT molecular complexity index is 444. The number of nitrogens with one attached hydrogen (secondary N) is 3. The molecule has 4 heteroatoms. The molecule has 3 atom stereocenters. The minimum atomic E-state index is -0.0989. The van der Waals surface area contributed by atoms with Gasteiger partial charge in [-0.1, -0.05) is 25.5 Å². The van der Waals surface area contributed by atoms with Crippen LogP contribution < -0.4 is 16.0 Å². The van der Waals surface area contributed by atoms with E-state index in [0.717, 1.165) is 12.1 Å². The third kappa shape index (κ3) is 3.73. The Labute approximate surface area is 121 Å². The lowest BCUT2D eigenvalue weighted by molar-refractivity contribution is 0.246. The number of hydrogen-bond donors (Lipinski definition) is 3. The van der Waals surface area contributed by atoms with Gasteiger partial charge in [0.15, 0.2) is 0 Å². The Hall–Kier alpha value is -1.55. The quantitative estimate of drug-likeness (QED) is 0.790. The fraction of sp³-hybridized carbons (Fsp3) is 0.562. The molecule has 2 rings (SSSR count). The predicted molar refractivity (Wildman–Crippen MR) is 82.9 cm³/mol. The lowest BCUT2D eigenvalue weighted by Crippen LogP contribution is -2.39. The lowest BCUT2D eigenvalue weighted by Gasteiger charge is -2.18. The summed E-state index contributed by atoms with van der Waals surface area (Å²) in [5, 5.41) is 9.16. The molecule has 0 bridgehead atoms. The average Bonchev–Trinajstić information content (AvgIpc) is 2.84. The van der Waals surface area contributed by atoms with Crippen molar-refractivity contribution in [2.24, 2.45) is 5.92 Å². The van der Waals surface area contributed by atoms with E-state index in [-0.39, 0.29) is 6.03 Å². The van der Waals surface area contributed by atoms with Gasteiger partial charge in [-0.25, -0.2) is 4.79 Å². The standard InChI is InChI=1S/C16H25N3O/c1-11-5-4-6-15(11)19-16(20)18-14-9-7-13(8-10-14)12(2)17-3/h7-12,15,17H,4-6H2,1-3H3,(H2,18,19,20). The van der Waals surface area contributed by atoms with Gasteiger partial charge in [0.2, 0.25) is 0 Å². The van der Waals surface area contributed by atoms with Crippen molar-refractivity contribution in [1.82, 2.24) is 10.6 Å². The number of carbonyl (C=O) groups is 1. The summed E-state index contributed by atoms with van der Waals surface area (Å²) in [7, 11) is 1.94. The summed E-state index contributed by atoms with van der Waals surface area (Å²) in [5.41, 5.74) is 2.04. The smallest absolute Gasteiger partial charge is 0.319 e. The molecule has 1 fully saturated rings. The van der Waals surface area contributed by atoms with Crippen molar-refractivity contribution in [3.05, 3.63) is 29.8 Å². The van der Waals surface area contributed by atoms with Gasteiger partial charge in [0.05, 0.1) is 0 Å². The molecule has 1 aliphatic carbocycles. The molecule has 20 heavy (non-hydrogen) atoms. The van der Waals surface area contributed by atoms with Crippen LogP contribution in [0.4, 0.5) is 10.5 Å². The summed E-state index contributed by atoms with van der Waals surface area (Å²) in [5.74, 6) is 0.583. The number of rotatable bonds is 4. The molecule has 0 aromatic heterocycles. The molecule has 1 saturated carbocycles. The Morgan fingerprint density at radius 3 is 2.50 bits per heavy atom. The van der Waals surface area contributed by atoms with E-state index < -0.39 is 0 Å². The zero-order valence-corrected chi connectivity index (χ0v) is 12.6. The molecule has 3 N–H and O–H groups in total. The Morgan fingerprint density at radius 2 is 1.95 bits per heavy atom. The zero-order valence-electron chi connectivity index (χ0n) is 12.6. The molecular formula is C16H25N3O. The summed E-state index contributed by atoms with van der Waals surface area (Å²) >= 11 is 0. The van der Waals surface area contributed by atoms with Crippen molar-refractivity contribution in [2.45, 2.75) is 45.2 Å². The minimum Gasteiger partial charge on any atom is -0.335 e. The normalized spacial score (nSPS) is 23.4. The highest BCUT2D eigenvalue weighted by Crippen LogP contribution is 2.24. The van der Waals surface area contributed by atoms with Gasteiger partial charge in [-0.2, -0.15) is 0 Å². The van der Waals surface area contributed by atoms with Gasteiger partial charge in [0, 0.05) is 17.8 Å². The Morgan fingerprint density at radius 1 is 1.25 bits per heavy atom. The molecule has 0 saturated heterocycles. The van der Waals surface area contributed by atoms with Crippen LogP contribution in [0, 0.1) is 5.92 Å². The zero-order chi connectivity index (χ0) is 14.5. The van der Waals surface area contributed by atoms with E-state index in [1.54, 1.807) is 0 Å². The summed E-state index contributed by atoms with van der Waals surface area (Å²) in [6, 6.07) is 8.50. The molecule has 1 aromatic carbocycles. The SMILES string of the molecule is CNC(C)c1ccc(NC(=O)NC2CCCC2C)cc1. The molecule has 0 radical (unpaired) electrons. The number of carbonyl (C=O) groups excluding carboxylic acids is 1. The number of urea groups is 1. The third-order valence-corrected chi connectivity index (χ3v) is 4.28. The average molecular weight is 275 g/mol. The van der Waals surface area contributed by atoms with E-state index >= 15 is 0 Å². The van der Waals surface area contributed by atoms with Crippen molar-refractivity contribution >= 4 is 11.7 Å². The lowest BCUT2D eigenvalue weighted by atomic mass is 10.1. The van der Waals surface area contributed by atoms with Gasteiger partial charge in [-0.05, 0) is 50.4 Å². The van der Waals surface area contributed by atoms with E-state index in [0.29, 0.717) is 18.0 Å². The molecule has 110 valence electrons. The van der Waals surface area contributed by atoms with Crippen LogP contribution in [0.2, 0.25) is 0 Å². The van der Waals surface area contributed by atoms with E-state index in [9.17, 15) is 4.79 Å². The first-order valence-electron chi connectivity index (χ1n) is 7.45. The Kier molecular flexibility index (Phi) is 5.01. The molecular weight excluding hydrogens is 250 g/mol. The molecule has 2 amide bonds. The van der Waals surface area contributed by atoms with Crippen LogP contribution in [-0.2, 0) is 0 Å². The molecule has 0 aliphatic heterocycles. The van der Waals surface area contributed by atoms with Crippen LogP contribution >= 0.6 is 0 Å². The number of amides is 2. The second kappa shape index (κ2) is 6.75. The van der Waals surface area contributed by atoms with Crippen LogP contribution in [0.1, 0.15) is 44.7 Å². The maximum absolute atomic E-state index is 12.0. The van der Waals surface area contributed by atoms with E-state index in [1.165, 1.54) is 18.4 Å². The van der Waals surface area contributed by atoms with Gasteiger partial charge in [0.1, 0.15) is 0 Å². The van der Waals surface area contributed by atoms with Crippen molar-refractivity contribution < 1.29 is 4.79 Å². The van der Waals surface area contributed by atoms with Gasteiger partial charge < -0.3 is 16.0 Å². The largest absolute Gasteiger partial charge is 0.335 e. The molecule has 1 aromatic rings. The molecule has 0 heterocycles. The maximum atomic E-state index is 12.0. The highest BCUT2D eigenvalue weighted by atomic mass is 16.2. The van der Waals surface area contributed by atoms with Crippen LogP contribution in [0.5, 0.6) is 0 Å². The van der Waals surface area contributed by atoms with Crippen molar-refractivity contribution in [1.29, 1.82) is 0 Å². The second-order valence-corrected chi connectivity index (χ2v) is 5.75. The highest BCUT2D eigenvalue weighted by molar-refractivity contribution is 5.89. The second-order valence-electron chi connectivity index (χ2n) is 5.75. The van der Waals surface area contributed by atoms with Crippen molar-refractivity contribution in [3.63, 3.8) is 0 Å². The highest BCUT2D eigenvalue weighted by Gasteiger charge is 2.24. The maximum Gasteiger partial charge on any atom is 0.319 e. The summed E-state index contributed by atoms with van der Waals surface area (Å²) in [6.07, 6.45) is 3.51. The monoisotopic (exact) mass is 275 g/mol.